The lowest BCUT2D eigenvalue weighted by atomic mass is 10.2. The lowest BCUT2D eigenvalue weighted by Crippen LogP contribution is -2.23. The Bertz CT molecular complexity index is 239. The van der Waals surface area contributed by atoms with Crippen molar-refractivity contribution in [2.75, 3.05) is 0 Å². The topological polar surface area (TPSA) is 3.88 Å². The second-order valence-electron chi connectivity index (χ2n) is 3.20. The maximum atomic E-state index is 2.23. The highest BCUT2D eigenvalue weighted by molar-refractivity contribution is 5.06. The summed E-state index contributed by atoms with van der Waals surface area (Å²) in [5, 5.41) is 0. The zero-order chi connectivity index (χ0) is 9.36. The Balaban J connectivity index is 2.25. The molecule has 0 saturated heterocycles. The van der Waals surface area contributed by atoms with E-state index in [-0.39, 0.29) is 0 Å². The molecular weight excluding hydrogens is 158 g/mol. The average molecular weight is 176 g/mol. The third-order valence-electron chi connectivity index (χ3n) is 1.99. The summed E-state index contributed by atoms with van der Waals surface area (Å²) in [5.74, 6) is 0. The van der Waals surface area contributed by atoms with E-state index in [0.29, 0.717) is 0 Å². The summed E-state index contributed by atoms with van der Waals surface area (Å²) in [4.78, 5) is 0. The lowest BCUT2D eigenvalue weighted by molar-refractivity contribution is -0.568. The van der Waals surface area contributed by atoms with Crippen molar-refractivity contribution in [2.24, 2.45) is 0 Å². The number of rotatable bonds is 5. The molecule has 0 unspecified atom stereocenters. The van der Waals surface area contributed by atoms with Crippen molar-refractivity contribution in [3.8, 4) is 0 Å². The van der Waals surface area contributed by atoms with Crippen LogP contribution in [-0.4, -0.2) is 0 Å². The van der Waals surface area contributed by atoms with Crippen molar-refractivity contribution in [2.45, 2.75) is 32.6 Å². The Labute approximate surface area is 80.7 Å². The molecule has 70 valence electrons. The van der Waals surface area contributed by atoms with E-state index < -0.39 is 0 Å². The lowest BCUT2D eigenvalue weighted by Gasteiger charge is -1.89. The molecule has 0 saturated carbocycles. The van der Waals surface area contributed by atoms with E-state index in [2.05, 4.69) is 36.2 Å². The van der Waals surface area contributed by atoms with Gasteiger partial charge in [0.05, 0.1) is 0 Å². The molecule has 1 aromatic rings. The standard InChI is InChI=1S/C12H18N/c1-2-3-4-5-7-10-13-11-8-6-9-12-13/h6-12H,2-5H2,1H3/q+1. The second kappa shape index (κ2) is 6.41. The number of aromatic nitrogens is 1. The van der Waals surface area contributed by atoms with E-state index in [1.165, 1.54) is 25.7 Å². The minimum absolute atomic E-state index is 1.19. The van der Waals surface area contributed by atoms with Gasteiger partial charge in [0.1, 0.15) is 0 Å². The van der Waals surface area contributed by atoms with Crippen molar-refractivity contribution >= 4 is 6.20 Å². The molecule has 13 heavy (non-hydrogen) atoms. The highest BCUT2D eigenvalue weighted by Crippen LogP contribution is 1.98. The van der Waals surface area contributed by atoms with Crippen LogP contribution in [-0.2, 0) is 0 Å². The quantitative estimate of drug-likeness (QED) is 0.479. The smallest absolute Gasteiger partial charge is 0.174 e. The fourth-order valence-electron chi connectivity index (χ4n) is 1.22. The van der Waals surface area contributed by atoms with Crippen LogP contribution >= 0.6 is 0 Å². The Morgan fingerprint density at radius 1 is 1.08 bits per heavy atom. The van der Waals surface area contributed by atoms with Crippen LogP contribution in [0.3, 0.4) is 0 Å². The summed E-state index contributed by atoms with van der Waals surface area (Å²) < 4.78 is 2.08. The van der Waals surface area contributed by atoms with E-state index in [1.54, 1.807) is 0 Å². The first kappa shape index (κ1) is 9.97. The van der Waals surface area contributed by atoms with Gasteiger partial charge in [-0.3, -0.25) is 0 Å². The summed E-state index contributed by atoms with van der Waals surface area (Å²) in [7, 11) is 0. The molecule has 1 rings (SSSR count). The van der Waals surface area contributed by atoms with E-state index in [0.717, 1.165) is 0 Å². The molecular formula is C12H18N+. The molecule has 0 amide bonds. The van der Waals surface area contributed by atoms with Gasteiger partial charge in [-0.25, -0.2) is 0 Å². The number of hydrogen-bond donors (Lipinski definition) is 0. The SMILES string of the molecule is CCCCCC=C[n+]1ccccc1. The first-order valence-electron chi connectivity index (χ1n) is 5.06. The van der Waals surface area contributed by atoms with Gasteiger partial charge in [-0.15, -0.1) is 0 Å². The van der Waals surface area contributed by atoms with Crippen LogP contribution in [0.4, 0.5) is 0 Å². The number of pyridine rings is 1. The summed E-state index contributed by atoms with van der Waals surface area (Å²) in [6.45, 7) is 2.23. The molecule has 1 heterocycles. The van der Waals surface area contributed by atoms with Gasteiger partial charge in [0.25, 0.3) is 0 Å². The van der Waals surface area contributed by atoms with Crippen molar-refractivity contribution in [3.63, 3.8) is 0 Å². The van der Waals surface area contributed by atoms with Gasteiger partial charge in [0, 0.05) is 12.1 Å². The maximum Gasteiger partial charge on any atom is 0.174 e. The van der Waals surface area contributed by atoms with Crippen LogP contribution in [0.2, 0.25) is 0 Å². The van der Waals surface area contributed by atoms with Gasteiger partial charge in [-0.2, -0.15) is 4.57 Å². The fraction of sp³-hybridized carbons (Fsp3) is 0.417. The first-order chi connectivity index (χ1) is 6.43. The summed E-state index contributed by atoms with van der Waals surface area (Å²) in [6.07, 6.45) is 13.6. The van der Waals surface area contributed by atoms with Crippen molar-refractivity contribution in [3.05, 3.63) is 36.7 Å². The predicted octanol–water partition coefficient (Wildman–Crippen LogP) is 3.03. The summed E-state index contributed by atoms with van der Waals surface area (Å²) in [5.41, 5.74) is 0. The van der Waals surface area contributed by atoms with Gasteiger partial charge in [0.2, 0.25) is 0 Å². The first-order valence-corrected chi connectivity index (χ1v) is 5.06. The van der Waals surface area contributed by atoms with Crippen molar-refractivity contribution in [1.29, 1.82) is 0 Å². The van der Waals surface area contributed by atoms with Gasteiger partial charge in [-0.1, -0.05) is 25.8 Å². The monoisotopic (exact) mass is 176 g/mol. The number of unbranched alkanes of at least 4 members (excludes halogenated alkanes) is 3. The molecule has 0 N–H and O–H groups in total. The molecule has 0 spiro atoms. The zero-order valence-corrected chi connectivity index (χ0v) is 8.32. The zero-order valence-electron chi connectivity index (χ0n) is 8.32. The summed E-state index contributed by atoms with van der Waals surface area (Å²) >= 11 is 0. The van der Waals surface area contributed by atoms with Gasteiger partial charge in [0.15, 0.2) is 18.6 Å². The largest absolute Gasteiger partial charge is 0.174 e. The van der Waals surface area contributed by atoms with Crippen molar-refractivity contribution in [1.82, 2.24) is 0 Å². The van der Waals surface area contributed by atoms with Crippen LogP contribution in [0.5, 0.6) is 0 Å². The third-order valence-corrected chi connectivity index (χ3v) is 1.99. The number of hydrogen-bond acceptors (Lipinski definition) is 0. The van der Waals surface area contributed by atoms with Crippen LogP contribution in [0, 0.1) is 0 Å². The van der Waals surface area contributed by atoms with Crippen LogP contribution in [0.1, 0.15) is 32.6 Å². The molecule has 1 nitrogen and oxygen atoms in total. The van der Waals surface area contributed by atoms with Crippen LogP contribution in [0.15, 0.2) is 36.7 Å². The fourth-order valence-corrected chi connectivity index (χ4v) is 1.22. The highest BCUT2D eigenvalue weighted by atomic mass is 14.9. The Hall–Kier alpha value is -1.11. The summed E-state index contributed by atoms with van der Waals surface area (Å²) in [6, 6.07) is 6.11. The van der Waals surface area contributed by atoms with Gasteiger partial charge >= 0.3 is 0 Å². The molecule has 0 atom stereocenters. The van der Waals surface area contributed by atoms with Gasteiger partial charge < -0.3 is 0 Å². The third kappa shape index (κ3) is 4.46. The van der Waals surface area contributed by atoms with Gasteiger partial charge in [-0.05, 0) is 18.9 Å². The van der Waals surface area contributed by atoms with Crippen LogP contribution in [0.25, 0.3) is 6.20 Å². The second-order valence-corrected chi connectivity index (χ2v) is 3.20. The molecule has 0 aliphatic heterocycles. The normalized spacial score (nSPS) is 10.8. The molecule has 1 heteroatoms. The molecule has 0 bridgehead atoms. The Morgan fingerprint density at radius 3 is 2.54 bits per heavy atom. The van der Waals surface area contributed by atoms with E-state index >= 15 is 0 Å². The molecule has 0 aromatic carbocycles. The molecule has 0 aliphatic rings. The molecule has 0 fully saturated rings. The van der Waals surface area contributed by atoms with E-state index in [9.17, 15) is 0 Å². The number of allylic oxidation sites excluding steroid dienone is 1. The highest BCUT2D eigenvalue weighted by Gasteiger charge is 1.88. The predicted molar refractivity (Wildman–Crippen MR) is 56.1 cm³/mol. The van der Waals surface area contributed by atoms with Crippen LogP contribution < -0.4 is 4.57 Å². The Morgan fingerprint density at radius 2 is 1.85 bits per heavy atom. The average Bonchev–Trinajstić information content (AvgIpc) is 2.19. The minimum Gasteiger partial charge on any atom is -0.174 e. The Kier molecular flexibility index (Phi) is 4.92. The van der Waals surface area contributed by atoms with E-state index in [4.69, 9.17) is 0 Å². The van der Waals surface area contributed by atoms with E-state index in [1.807, 2.05) is 18.2 Å². The molecule has 1 aromatic heterocycles. The number of nitrogens with zero attached hydrogens (tertiary/aromatic N) is 1. The molecule has 0 radical (unpaired) electrons. The minimum atomic E-state index is 1.19. The van der Waals surface area contributed by atoms with Crippen molar-refractivity contribution < 1.29 is 4.57 Å². The molecule has 0 aliphatic carbocycles. The maximum absolute atomic E-state index is 2.23.